The Labute approximate surface area is 168 Å². The Morgan fingerprint density at radius 2 is 1.78 bits per heavy atom. The van der Waals surface area contributed by atoms with Gasteiger partial charge in [0.15, 0.2) is 0 Å². The third-order valence-corrected chi connectivity index (χ3v) is 5.78. The summed E-state index contributed by atoms with van der Waals surface area (Å²) in [6, 6.07) is 12.6. The molecule has 4 nitrogen and oxygen atoms in total. The molecule has 27 heavy (non-hydrogen) atoms. The molecular weight excluding hydrogens is 404 g/mol. The minimum atomic E-state index is -0.584. The molecule has 0 spiro atoms. The van der Waals surface area contributed by atoms with Gasteiger partial charge in [0.05, 0.1) is 0 Å². The van der Waals surface area contributed by atoms with E-state index in [2.05, 4.69) is 38.7 Å². The number of anilines is 1. The highest BCUT2D eigenvalue weighted by atomic mass is 79.9. The van der Waals surface area contributed by atoms with Crippen LogP contribution in [-0.4, -0.2) is 17.9 Å². The van der Waals surface area contributed by atoms with Crippen molar-refractivity contribution < 1.29 is 9.59 Å². The predicted molar refractivity (Wildman–Crippen MR) is 112 cm³/mol. The van der Waals surface area contributed by atoms with Crippen molar-refractivity contribution in [2.24, 2.45) is 5.92 Å². The van der Waals surface area contributed by atoms with Gasteiger partial charge >= 0.3 is 0 Å². The van der Waals surface area contributed by atoms with Gasteiger partial charge in [0.2, 0.25) is 5.91 Å². The van der Waals surface area contributed by atoms with E-state index in [1.165, 1.54) is 17.5 Å². The molecule has 0 unspecified atom stereocenters. The Kier molecular flexibility index (Phi) is 6.32. The maximum absolute atomic E-state index is 12.9. The van der Waals surface area contributed by atoms with E-state index >= 15 is 0 Å². The number of halogens is 1. The van der Waals surface area contributed by atoms with E-state index in [0.29, 0.717) is 5.56 Å². The number of hydrogen-bond donors (Lipinski definition) is 2. The van der Waals surface area contributed by atoms with Crippen molar-refractivity contribution in [1.29, 1.82) is 0 Å². The van der Waals surface area contributed by atoms with Crippen molar-refractivity contribution in [2.75, 3.05) is 5.32 Å². The zero-order valence-electron chi connectivity index (χ0n) is 15.7. The van der Waals surface area contributed by atoms with Gasteiger partial charge in [-0.3, -0.25) is 9.59 Å². The lowest BCUT2D eigenvalue weighted by Gasteiger charge is -2.24. The van der Waals surface area contributed by atoms with Gasteiger partial charge in [-0.05, 0) is 72.7 Å². The second-order valence-corrected chi connectivity index (χ2v) is 8.09. The number of carbonyl (C=O) groups excluding carboxylic acids is 2. The zero-order valence-corrected chi connectivity index (χ0v) is 17.3. The number of aryl methyl sites for hydroxylation is 2. The summed E-state index contributed by atoms with van der Waals surface area (Å²) >= 11 is 3.37. The molecule has 2 atom stereocenters. The van der Waals surface area contributed by atoms with Crippen molar-refractivity contribution in [3.05, 3.63) is 63.6 Å². The topological polar surface area (TPSA) is 58.2 Å². The molecule has 0 heterocycles. The first-order valence-corrected chi connectivity index (χ1v) is 10.3. The molecule has 142 valence electrons. The van der Waals surface area contributed by atoms with Crippen molar-refractivity contribution in [2.45, 2.75) is 45.6 Å². The van der Waals surface area contributed by atoms with Crippen molar-refractivity contribution in [3.63, 3.8) is 0 Å². The molecule has 1 aliphatic carbocycles. The first-order valence-electron chi connectivity index (χ1n) is 9.47. The van der Waals surface area contributed by atoms with Gasteiger partial charge in [0.25, 0.3) is 5.91 Å². The minimum absolute atomic E-state index is 0.0267. The number of rotatable bonds is 6. The van der Waals surface area contributed by atoms with Gasteiger partial charge in [-0.15, -0.1) is 0 Å². The fraction of sp³-hybridized carbons (Fsp3) is 0.364. The third kappa shape index (κ3) is 4.78. The summed E-state index contributed by atoms with van der Waals surface area (Å²) < 4.78 is 0.909. The Morgan fingerprint density at radius 1 is 1.07 bits per heavy atom. The number of fused-ring (bicyclic) bond motifs is 1. The molecule has 0 aliphatic heterocycles. The SMILES string of the molecule is CC[C@H](C)[C@H](NC(=O)c1ccc(Br)cc1)C(=O)Nc1ccc2c(c1)CCC2. The van der Waals surface area contributed by atoms with Crippen LogP contribution in [0.5, 0.6) is 0 Å². The highest BCUT2D eigenvalue weighted by molar-refractivity contribution is 9.10. The van der Waals surface area contributed by atoms with E-state index in [9.17, 15) is 9.59 Å². The van der Waals surface area contributed by atoms with Crippen LogP contribution >= 0.6 is 15.9 Å². The van der Waals surface area contributed by atoms with E-state index in [0.717, 1.165) is 29.4 Å². The molecule has 0 aromatic heterocycles. The monoisotopic (exact) mass is 428 g/mol. The summed E-state index contributed by atoms with van der Waals surface area (Å²) in [7, 11) is 0. The second-order valence-electron chi connectivity index (χ2n) is 7.17. The first kappa shape index (κ1) is 19.6. The van der Waals surface area contributed by atoms with Gasteiger partial charge in [0.1, 0.15) is 6.04 Å². The molecule has 0 bridgehead atoms. The lowest BCUT2D eigenvalue weighted by Crippen LogP contribution is -2.47. The van der Waals surface area contributed by atoms with Gasteiger partial charge in [0, 0.05) is 15.7 Å². The highest BCUT2D eigenvalue weighted by Crippen LogP contribution is 2.25. The molecule has 0 fully saturated rings. The average Bonchev–Trinajstić information content (AvgIpc) is 3.13. The van der Waals surface area contributed by atoms with E-state index in [4.69, 9.17) is 0 Å². The van der Waals surface area contributed by atoms with Gasteiger partial charge in [-0.1, -0.05) is 42.3 Å². The summed E-state index contributed by atoms with van der Waals surface area (Å²) in [4.78, 5) is 25.5. The summed E-state index contributed by atoms with van der Waals surface area (Å²) in [5, 5.41) is 5.90. The van der Waals surface area contributed by atoms with Crippen molar-refractivity contribution >= 4 is 33.4 Å². The lowest BCUT2D eigenvalue weighted by atomic mass is 9.97. The van der Waals surface area contributed by atoms with Crippen LogP contribution in [0.3, 0.4) is 0 Å². The Hall–Kier alpha value is -2.14. The minimum Gasteiger partial charge on any atom is -0.340 e. The second kappa shape index (κ2) is 8.70. The Morgan fingerprint density at radius 3 is 2.48 bits per heavy atom. The average molecular weight is 429 g/mol. The predicted octanol–water partition coefficient (Wildman–Crippen LogP) is 4.72. The highest BCUT2D eigenvalue weighted by Gasteiger charge is 2.26. The van der Waals surface area contributed by atoms with Crippen LogP contribution in [0, 0.1) is 5.92 Å². The van der Waals surface area contributed by atoms with Crippen LogP contribution < -0.4 is 10.6 Å². The summed E-state index contributed by atoms with van der Waals surface area (Å²) in [6.07, 6.45) is 4.14. The van der Waals surface area contributed by atoms with Crippen LogP contribution in [0.2, 0.25) is 0 Å². The quantitative estimate of drug-likeness (QED) is 0.698. The zero-order chi connectivity index (χ0) is 19.4. The van der Waals surface area contributed by atoms with Gasteiger partial charge in [-0.2, -0.15) is 0 Å². The van der Waals surface area contributed by atoms with E-state index < -0.39 is 6.04 Å². The number of benzene rings is 2. The van der Waals surface area contributed by atoms with Gasteiger partial charge < -0.3 is 10.6 Å². The van der Waals surface area contributed by atoms with Gasteiger partial charge in [-0.25, -0.2) is 0 Å². The fourth-order valence-corrected chi connectivity index (χ4v) is 3.66. The maximum atomic E-state index is 12.9. The van der Waals surface area contributed by atoms with Crippen LogP contribution in [0.15, 0.2) is 46.9 Å². The normalized spacial score (nSPS) is 14.9. The summed E-state index contributed by atoms with van der Waals surface area (Å²) in [5.41, 5.74) is 4.02. The molecule has 3 rings (SSSR count). The lowest BCUT2D eigenvalue weighted by molar-refractivity contribution is -0.119. The van der Waals surface area contributed by atoms with Crippen molar-refractivity contribution in [1.82, 2.24) is 5.32 Å². The largest absolute Gasteiger partial charge is 0.340 e. The summed E-state index contributed by atoms with van der Waals surface area (Å²) in [6.45, 7) is 4.00. The third-order valence-electron chi connectivity index (χ3n) is 5.25. The molecule has 2 N–H and O–H groups in total. The van der Waals surface area contributed by atoms with E-state index in [1.54, 1.807) is 12.1 Å². The molecule has 0 saturated carbocycles. The van der Waals surface area contributed by atoms with Crippen LogP contribution in [-0.2, 0) is 17.6 Å². The molecule has 2 aromatic carbocycles. The van der Waals surface area contributed by atoms with Crippen molar-refractivity contribution in [3.8, 4) is 0 Å². The Balaban J connectivity index is 1.72. The molecule has 1 aliphatic rings. The molecule has 0 saturated heterocycles. The smallest absolute Gasteiger partial charge is 0.251 e. The molecule has 2 amide bonds. The molecular formula is C22H25BrN2O2. The molecule has 2 aromatic rings. The molecule has 0 radical (unpaired) electrons. The maximum Gasteiger partial charge on any atom is 0.251 e. The van der Waals surface area contributed by atoms with Crippen LogP contribution in [0.25, 0.3) is 0 Å². The van der Waals surface area contributed by atoms with E-state index in [-0.39, 0.29) is 17.7 Å². The standard InChI is InChI=1S/C22H25BrN2O2/c1-3-14(2)20(25-21(26)16-7-10-18(23)11-8-16)22(27)24-19-12-9-15-5-4-6-17(15)13-19/h7-14,20H,3-6H2,1-2H3,(H,24,27)(H,25,26)/t14-,20-/m0/s1. The number of hydrogen-bond acceptors (Lipinski definition) is 2. The van der Waals surface area contributed by atoms with Crippen LogP contribution in [0.1, 0.15) is 48.2 Å². The number of nitrogens with one attached hydrogen (secondary N) is 2. The Bertz CT molecular complexity index is 833. The number of amides is 2. The van der Waals surface area contributed by atoms with E-state index in [1.807, 2.05) is 32.0 Å². The van der Waals surface area contributed by atoms with Crippen LogP contribution in [0.4, 0.5) is 5.69 Å². The first-order chi connectivity index (χ1) is 13.0. The summed E-state index contributed by atoms with van der Waals surface area (Å²) in [5.74, 6) is -0.386. The number of carbonyl (C=O) groups is 2. The fourth-order valence-electron chi connectivity index (χ4n) is 3.40. The molecule has 5 heteroatoms.